The van der Waals surface area contributed by atoms with Crippen LogP contribution in [0.25, 0.3) is 21.9 Å². The maximum absolute atomic E-state index is 13.2. The average molecular weight is 554 g/mol. The molecule has 3 heterocycles. The number of fused-ring (bicyclic) bond motifs is 2. The fourth-order valence-electron chi connectivity index (χ4n) is 4.43. The molecule has 2 aromatic carbocycles. The Labute approximate surface area is 218 Å². The van der Waals surface area contributed by atoms with Crippen LogP contribution in [0.4, 0.5) is 0 Å². The summed E-state index contributed by atoms with van der Waals surface area (Å²) in [4.78, 5) is 13.2. The number of aromatic hydroxyl groups is 2. The molecule has 0 spiro atoms. The molecule has 9 atom stereocenters. The van der Waals surface area contributed by atoms with Gasteiger partial charge in [0.1, 0.15) is 64.0 Å². The molecule has 212 valence electrons. The predicted molar refractivity (Wildman–Crippen MR) is 126 cm³/mol. The molecular formula is C24H26O15. The van der Waals surface area contributed by atoms with Gasteiger partial charge in [0.05, 0.1) is 13.7 Å². The van der Waals surface area contributed by atoms with E-state index in [1.165, 1.54) is 31.4 Å². The summed E-state index contributed by atoms with van der Waals surface area (Å²) in [6.07, 6.45) is -15.8. The number of hydrogen-bond donors (Lipinski definition) is 8. The third-order valence-corrected chi connectivity index (χ3v) is 6.58. The Morgan fingerprint density at radius 3 is 2.33 bits per heavy atom. The summed E-state index contributed by atoms with van der Waals surface area (Å²) < 4.78 is 32.3. The highest BCUT2D eigenvalue weighted by Gasteiger charge is 2.49. The molecule has 2 aliphatic heterocycles. The van der Waals surface area contributed by atoms with E-state index < -0.39 is 79.0 Å². The Bertz CT molecular complexity index is 1420. The van der Waals surface area contributed by atoms with Gasteiger partial charge >= 0.3 is 0 Å². The maximum Gasteiger partial charge on any atom is 0.229 e. The number of rotatable bonds is 5. The van der Waals surface area contributed by atoms with Crippen molar-refractivity contribution in [1.82, 2.24) is 0 Å². The molecule has 2 aliphatic rings. The van der Waals surface area contributed by atoms with Crippen LogP contribution in [-0.2, 0) is 14.2 Å². The van der Waals surface area contributed by atoms with Gasteiger partial charge in [0.2, 0.25) is 11.7 Å². The number of hydrogen-bond acceptors (Lipinski definition) is 15. The number of methoxy groups -OCH3 is 1. The molecule has 15 heteroatoms. The summed E-state index contributed by atoms with van der Waals surface area (Å²) in [6, 6.07) is 5.10. The number of aliphatic hydroxyl groups excluding tert-OH is 6. The van der Waals surface area contributed by atoms with Crippen molar-refractivity contribution in [2.24, 2.45) is 0 Å². The van der Waals surface area contributed by atoms with Gasteiger partial charge in [-0.15, -0.1) is 0 Å². The monoisotopic (exact) mass is 554 g/mol. The summed E-state index contributed by atoms with van der Waals surface area (Å²) in [5.74, 6) is -1.27. The molecule has 0 amide bonds. The second-order valence-electron chi connectivity index (χ2n) is 9.08. The molecule has 0 radical (unpaired) electrons. The maximum atomic E-state index is 13.2. The molecule has 15 nitrogen and oxygen atoms in total. The lowest BCUT2D eigenvalue weighted by molar-refractivity contribution is -0.372. The van der Waals surface area contributed by atoms with E-state index in [-0.39, 0.29) is 33.4 Å². The van der Waals surface area contributed by atoms with E-state index >= 15 is 0 Å². The fraction of sp³-hybridized carbons (Fsp3) is 0.458. The minimum Gasteiger partial charge on any atom is -0.507 e. The van der Waals surface area contributed by atoms with Gasteiger partial charge in [0, 0.05) is 12.1 Å². The minimum atomic E-state index is -1.95. The average Bonchev–Trinajstić information content (AvgIpc) is 2.90. The molecule has 0 bridgehead atoms. The lowest BCUT2D eigenvalue weighted by atomic mass is 10.0. The Morgan fingerprint density at radius 2 is 1.62 bits per heavy atom. The first-order valence-electron chi connectivity index (χ1n) is 11.7. The van der Waals surface area contributed by atoms with Crippen LogP contribution in [0, 0.1) is 0 Å². The Kier molecular flexibility index (Phi) is 7.27. The van der Waals surface area contributed by atoms with Gasteiger partial charge in [-0.1, -0.05) is 0 Å². The van der Waals surface area contributed by atoms with E-state index in [1.54, 1.807) is 0 Å². The van der Waals surface area contributed by atoms with Gasteiger partial charge in [0.25, 0.3) is 0 Å². The highest BCUT2D eigenvalue weighted by atomic mass is 16.8. The highest BCUT2D eigenvalue weighted by Crippen LogP contribution is 2.38. The molecule has 1 aromatic heterocycles. The van der Waals surface area contributed by atoms with E-state index in [0.29, 0.717) is 0 Å². The van der Waals surface area contributed by atoms with Crippen molar-refractivity contribution >= 4 is 21.9 Å². The van der Waals surface area contributed by atoms with Crippen molar-refractivity contribution in [1.29, 1.82) is 0 Å². The van der Waals surface area contributed by atoms with E-state index in [2.05, 4.69) is 0 Å². The first-order chi connectivity index (χ1) is 18.5. The van der Waals surface area contributed by atoms with Crippen LogP contribution in [0.2, 0.25) is 0 Å². The van der Waals surface area contributed by atoms with E-state index in [9.17, 15) is 45.6 Å². The first-order valence-corrected chi connectivity index (χ1v) is 11.7. The normalized spacial score (nSPS) is 33.4. The van der Waals surface area contributed by atoms with E-state index in [4.69, 9.17) is 28.1 Å². The zero-order valence-electron chi connectivity index (χ0n) is 20.1. The first kappa shape index (κ1) is 27.3. The van der Waals surface area contributed by atoms with Crippen LogP contribution < -0.4 is 14.9 Å². The van der Waals surface area contributed by atoms with E-state index in [0.717, 1.165) is 0 Å². The molecule has 0 aliphatic carbocycles. The number of phenolic OH excluding ortho intramolecular Hbond substituents is 2. The van der Waals surface area contributed by atoms with Crippen molar-refractivity contribution in [3.8, 4) is 23.0 Å². The molecule has 39 heavy (non-hydrogen) atoms. The van der Waals surface area contributed by atoms with Crippen molar-refractivity contribution in [2.75, 3.05) is 13.7 Å². The van der Waals surface area contributed by atoms with Crippen molar-refractivity contribution in [2.45, 2.75) is 55.5 Å². The van der Waals surface area contributed by atoms with Gasteiger partial charge in [-0.2, -0.15) is 0 Å². The lowest BCUT2D eigenvalue weighted by Gasteiger charge is -2.43. The predicted octanol–water partition coefficient (Wildman–Crippen LogP) is -2.03. The van der Waals surface area contributed by atoms with Gasteiger partial charge in [-0.05, 0) is 12.1 Å². The minimum absolute atomic E-state index is 0.000797. The van der Waals surface area contributed by atoms with Crippen LogP contribution in [0.1, 0.15) is 0 Å². The fourth-order valence-corrected chi connectivity index (χ4v) is 4.43. The van der Waals surface area contributed by atoms with Gasteiger partial charge in [0.15, 0.2) is 30.2 Å². The van der Waals surface area contributed by atoms with Crippen molar-refractivity contribution in [3.63, 3.8) is 0 Å². The van der Waals surface area contributed by atoms with Gasteiger partial charge < -0.3 is 69.0 Å². The number of benzene rings is 2. The Morgan fingerprint density at radius 1 is 0.872 bits per heavy atom. The summed E-state index contributed by atoms with van der Waals surface area (Å²) in [5, 5.41) is 80.9. The second kappa shape index (κ2) is 10.4. The van der Waals surface area contributed by atoms with Crippen molar-refractivity contribution in [3.05, 3.63) is 34.5 Å². The molecule has 2 saturated heterocycles. The Balaban J connectivity index is 1.48. The zero-order chi connectivity index (χ0) is 28.2. The number of ether oxygens (including phenoxy) is 5. The smallest absolute Gasteiger partial charge is 0.229 e. The largest absolute Gasteiger partial charge is 0.507 e. The summed E-state index contributed by atoms with van der Waals surface area (Å²) >= 11 is 0. The summed E-state index contributed by atoms with van der Waals surface area (Å²) in [5.41, 5.74) is -0.848. The molecule has 0 saturated carbocycles. The molecule has 3 aromatic rings. The van der Waals surface area contributed by atoms with Gasteiger partial charge in [-0.3, -0.25) is 4.79 Å². The third kappa shape index (κ3) is 4.73. The topological polar surface area (TPSA) is 238 Å². The lowest BCUT2D eigenvalue weighted by Crippen LogP contribution is -2.62. The van der Waals surface area contributed by atoms with Crippen LogP contribution in [0.15, 0.2) is 33.5 Å². The van der Waals surface area contributed by atoms with Crippen LogP contribution in [-0.4, -0.2) is 110 Å². The SMILES string of the molecule is COc1cc(O)c2c(=O)c3c(O)c(O[C@@H]4OC[C@@H](O)[C@H](O)[C@H]4O[C@@H]4O[C@@H](O)[C@H](O)[C@@H](O)[C@H]4O)ccc3oc2c1. The van der Waals surface area contributed by atoms with Crippen molar-refractivity contribution < 1.29 is 69.0 Å². The summed E-state index contributed by atoms with van der Waals surface area (Å²) in [7, 11) is 1.37. The van der Waals surface area contributed by atoms with Gasteiger partial charge in [-0.25, -0.2) is 0 Å². The Hall–Kier alpha value is -3.25. The summed E-state index contributed by atoms with van der Waals surface area (Å²) in [6.45, 7) is -0.444. The van der Waals surface area contributed by atoms with E-state index in [1.807, 2.05) is 0 Å². The standard InChI is InChI=1S/C24H26O15/c1-34-7-4-8(25)13-12(5-7)36-10-2-3-11(16(28)14(10)17(13)29)37-24-21(15(27)9(26)6-35-24)38-23-20(32)18(30)19(31)22(33)39-23/h2-5,9,15,18-28,30-33H,6H2,1H3/t9-,15+,18-,19-,20-,21-,22-,23-,24+/m1/s1. The molecule has 0 unspecified atom stereocenters. The molecule has 8 N–H and O–H groups in total. The van der Waals surface area contributed by atoms with Crippen LogP contribution in [0.5, 0.6) is 23.0 Å². The zero-order valence-corrected chi connectivity index (χ0v) is 20.1. The second-order valence-corrected chi connectivity index (χ2v) is 9.08. The molecular weight excluding hydrogens is 528 g/mol. The number of aliphatic hydroxyl groups is 6. The van der Waals surface area contributed by atoms with Crippen LogP contribution >= 0.6 is 0 Å². The van der Waals surface area contributed by atoms with Crippen LogP contribution in [0.3, 0.4) is 0 Å². The number of phenols is 2. The molecule has 2 fully saturated rings. The quantitative estimate of drug-likeness (QED) is 0.159. The molecule has 5 rings (SSSR count). The highest BCUT2D eigenvalue weighted by molar-refractivity contribution is 5.97. The third-order valence-electron chi connectivity index (χ3n) is 6.58.